The molecule has 1 aromatic heterocycles. The molecule has 5 heteroatoms. The van der Waals surface area contributed by atoms with Crippen LogP contribution in [0.15, 0.2) is 0 Å². The molecule has 3 N–H and O–H groups in total. The van der Waals surface area contributed by atoms with E-state index in [-0.39, 0.29) is 5.91 Å². The molecule has 4 nitrogen and oxygen atoms in total. The van der Waals surface area contributed by atoms with Crippen LogP contribution in [-0.2, 0) is 17.6 Å². The Morgan fingerprint density at radius 2 is 2.00 bits per heavy atom. The minimum absolute atomic E-state index is 0.0404. The van der Waals surface area contributed by atoms with Gasteiger partial charge in [0.1, 0.15) is 5.00 Å². The first kappa shape index (κ1) is 14.1. The number of amides is 2. The largest absolute Gasteiger partial charge is 0.365 e. The molecule has 0 saturated carbocycles. The second kappa shape index (κ2) is 6.19. The fraction of sp³-hybridized carbons (Fsp3) is 0.571. The summed E-state index contributed by atoms with van der Waals surface area (Å²) in [6.45, 7) is 1.96. The minimum atomic E-state index is -0.425. The molecular weight excluding hydrogens is 260 g/mol. The lowest BCUT2D eigenvalue weighted by molar-refractivity contribution is -0.116. The third-order valence-electron chi connectivity index (χ3n) is 3.40. The lowest BCUT2D eigenvalue weighted by atomic mass is 10.1. The van der Waals surface area contributed by atoms with Crippen LogP contribution < -0.4 is 11.1 Å². The van der Waals surface area contributed by atoms with Crippen LogP contribution in [0.5, 0.6) is 0 Å². The van der Waals surface area contributed by atoms with Crippen LogP contribution in [0.2, 0.25) is 0 Å². The predicted octanol–water partition coefficient (Wildman–Crippen LogP) is 2.85. The Morgan fingerprint density at radius 1 is 1.26 bits per heavy atom. The number of rotatable bonds is 4. The van der Waals surface area contributed by atoms with Crippen molar-refractivity contribution >= 4 is 28.2 Å². The predicted molar refractivity (Wildman–Crippen MR) is 77.6 cm³/mol. The Hall–Kier alpha value is -1.36. The summed E-state index contributed by atoms with van der Waals surface area (Å²) in [6.07, 6.45) is 6.58. The maximum Gasteiger partial charge on any atom is 0.251 e. The number of thiophene rings is 1. The molecule has 0 spiro atoms. The van der Waals surface area contributed by atoms with Gasteiger partial charge in [-0.1, -0.05) is 13.3 Å². The molecule has 0 radical (unpaired) electrons. The molecule has 2 rings (SSSR count). The first-order valence-electron chi connectivity index (χ1n) is 6.87. The molecule has 0 bridgehead atoms. The van der Waals surface area contributed by atoms with Gasteiger partial charge in [0, 0.05) is 11.3 Å². The quantitative estimate of drug-likeness (QED) is 0.832. The van der Waals surface area contributed by atoms with Gasteiger partial charge in [0.05, 0.1) is 5.56 Å². The number of primary amides is 1. The van der Waals surface area contributed by atoms with Gasteiger partial charge in [-0.3, -0.25) is 9.59 Å². The number of fused-ring (bicyclic) bond motifs is 1. The van der Waals surface area contributed by atoms with Gasteiger partial charge in [-0.2, -0.15) is 0 Å². The smallest absolute Gasteiger partial charge is 0.251 e. The molecule has 0 saturated heterocycles. The molecule has 1 aliphatic rings. The van der Waals surface area contributed by atoms with E-state index in [4.69, 9.17) is 5.73 Å². The van der Waals surface area contributed by atoms with Crippen molar-refractivity contribution in [2.75, 3.05) is 5.32 Å². The molecule has 0 aliphatic heterocycles. The van der Waals surface area contributed by atoms with Crippen molar-refractivity contribution in [3.63, 3.8) is 0 Å². The van der Waals surface area contributed by atoms with Gasteiger partial charge in [-0.05, 0) is 37.7 Å². The SMILES string of the molecule is CCCC(=O)Nc1sc2c(c1C(N)=O)CCCCC2. The van der Waals surface area contributed by atoms with Gasteiger partial charge >= 0.3 is 0 Å². The van der Waals surface area contributed by atoms with Crippen molar-refractivity contribution < 1.29 is 9.59 Å². The van der Waals surface area contributed by atoms with Gasteiger partial charge in [-0.25, -0.2) is 0 Å². The number of anilines is 1. The van der Waals surface area contributed by atoms with E-state index in [1.165, 1.54) is 22.6 Å². The summed E-state index contributed by atoms with van der Waals surface area (Å²) in [7, 11) is 0. The summed E-state index contributed by atoms with van der Waals surface area (Å²) < 4.78 is 0. The van der Waals surface area contributed by atoms with Crippen molar-refractivity contribution in [1.29, 1.82) is 0 Å². The summed E-state index contributed by atoms with van der Waals surface area (Å²) in [6, 6.07) is 0. The van der Waals surface area contributed by atoms with Crippen LogP contribution in [-0.4, -0.2) is 11.8 Å². The van der Waals surface area contributed by atoms with Crippen molar-refractivity contribution in [2.24, 2.45) is 5.73 Å². The van der Waals surface area contributed by atoms with E-state index >= 15 is 0 Å². The zero-order valence-electron chi connectivity index (χ0n) is 11.3. The van der Waals surface area contributed by atoms with E-state index in [2.05, 4.69) is 5.32 Å². The third kappa shape index (κ3) is 3.15. The summed E-state index contributed by atoms with van der Waals surface area (Å²) in [5.74, 6) is -0.465. The molecule has 0 atom stereocenters. The van der Waals surface area contributed by atoms with E-state index < -0.39 is 5.91 Å². The molecule has 104 valence electrons. The Kier molecular flexibility index (Phi) is 4.58. The maximum absolute atomic E-state index is 11.7. The third-order valence-corrected chi connectivity index (χ3v) is 4.60. The molecule has 0 unspecified atom stereocenters. The van der Waals surface area contributed by atoms with Crippen LogP contribution in [0.1, 0.15) is 59.8 Å². The minimum Gasteiger partial charge on any atom is -0.365 e. The van der Waals surface area contributed by atoms with Crippen LogP contribution >= 0.6 is 11.3 Å². The summed E-state index contributed by atoms with van der Waals surface area (Å²) >= 11 is 1.53. The van der Waals surface area contributed by atoms with E-state index in [1.54, 1.807) is 0 Å². The van der Waals surface area contributed by atoms with Crippen LogP contribution in [0.3, 0.4) is 0 Å². The van der Waals surface area contributed by atoms with Crippen molar-refractivity contribution in [2.45, 2.75) is 51.9 Å². The first-order valence-corrected chi connectivity index (χ1v) is 7.69. The molecule has 1 aliphatic carbocycles. The number of hydrogen-bond donors (Lipinski definition) is 2. The highest BCUT2D eigenvalue weighted by Crippen LogP contribution is 2.37. The highest BCUT2D eigenvalue weighted by atomic mass is 32.1. The average Bonchev–Trinajstić information content (AvgIpc) is 2.52. The standard InChI is InChI=1S/C14H20N2O2S/c1-2-6-11(17)16-14-12(13(15)18)9-7-4-3-5-8-10(9)19-14/h2-8H2,1H3,(H2,15,18)(H,16,17). The summed E-state index contributed by atoms with van der Waals surface area (Å²) in [5.41, 5.74) is 7.12. The number of carbonyl (C=O) groups is 2. The molecule has 2 amide bonds. The molecule has 19 heavy (non-hydrogen) atoms. The second-order valence-corrected chi connectivity index (χ2v) is 6.04. The second-order valence-electron chi connectivity index (χ2n) is 4.93. The van der Waals surface area contributed by atoms with Crippen molar-refractivity contribution in [3.05, 3.63) is 16.0 Å². The van der Waals surface area contributed by atoms with E-state index in [9.17, 15) is 9.59 Å². The lowest BCUT2D eigenvalue weighted by Gasteiger charge is -2.05. The number of aryl methyl sites for hydroxylation is 1. The van der Waals surface area contributed by atoms with Crippen LogP contribution in [0.4, 0.5) is 5.00 Å². The summed E-state index contributed by atoms with van der Waals surface area (Å²) in [5, 5.41) is 3.50. The average molecular weight is 280 g/mol. The maximum atomic E-state index is 11.7. The van der Waals surface area contributed by atoms with E-state index in [0.29, 0.717) is 17.0 Å². The number of hydrogen-bond acceptors (Lipinski definition) is 3. The monoisotopic (exact) mass is 280 g/mol. The van der Waals surface area contributed by atoms with Gasteiger partial charge < -0.3 is 11.1 Å². The Balaban J connectivity index is 2.32. The molecular formula is C14H20N2O2S. The lowest BCUT2D eigenvalue weighted by Crippen LogP contribution is -2.17. The fourth-order valence-corrected chi connectivity index (χ4v) is 3.82. The zero-order valence-corrected chi connectivity index (χ0v) is 12.1. The normalized spacial score (nSPS) is 14.6. The Morgan fingerprint density at radius 3 is 2.68 bits per heavy atom. The molecule has 0 fully saturated rings. The zero-order chi connectivity index (χ0) is 13.8. The van der Waals surface area contributed by atoms with E-state index in [0.717, 1.165) is 37.7 Å². The number of carbonyl (C=O) groups excluding carboxylic acids is 2. The van der Waals surface area contributed by atoms with E-state index in [1.807, 2.05) is 6.92 Å². The van der Waals surface area contributed by atoms with Gasteiger partial charge in [-0.15, -0.1) is 11.3 Å². The molecule has 0 aromatic carbocycles. The fourth-order valence-electron chi connectivity index (χ4n) is 2.51. The molecule has 1 heterocycles. The molecule has 1 aromatic rings. The van der Waals surface area contributed by atoms with Crippen molar-refractivity contribution in [1.82, 2.24) is 0 Å². The first-order chi connectivity index (χ1) is 9.13. The van der Waals surface area contributed by atoms with Crippen LogP contribution in [0.25, 0.3) is 0 Å². The topological polar surface area (TPSA) is 72.2 Å². The van der Waals surface area contributed by atoms with Crippen LogP contribution in [0, 0.1) is 0 Å². The van der Waals surface area contributed by atoms with Gasteiger partial charge in [0.15, 0.2) is 0 Å². The summed E-state index contributed by atoms with van der Waals surface area (Å²) in [4.78, 5) is 24.6. The highest BCUT2D eigenvalue weighted by Gasteiger charge is 2.23. The van der Waals surface area contributed by atoms with Gasteiger partial charge in [0.2, 0.25) is 5.91 Å². The Labute approximate surface area is 117 Å². The number of nitrogens with one attached hydrogen (secondary N) is 1. The van der Waals surface area contributed by atoms with Gasteiger partial charge in [0.25, 0.3) is 5.91 Å². The number of nitrogens with two attached hydrogens (primary N) is 1. The van der Waals surface area contributed by atoms with Crippen molar-refractivity contribution in [3.8, 4) is 0 Å². The highest BCUT2D eigenvalue weighted by molar-refractivity contribution is 7.17. The Bertz CT molecular complexity index is 494.